The Balaban J connectivity index is 2.84. The van der Waals surface area contributed by atoms with E-state index in [0.29, 0.717) is 0 Å². The van der Waals surface area contributed by atoms with Crippen LogP contribution >= 0.6 is 0 Å². The highest BCUT2D eigenvalue weighted by atomic mass is 16.3. The first-order valence-electron chi connectivity index (χ1n) is 2.74. The molecule has 0 saturated heterocycles. The van der Waals surface area contributed by atoms with Crippen LogP contribution in [-0.2, 0) is 6.42 Å². The van der Waals surface area contributed by atoms with Gasteiger partial charge in [0.1, 0.15) is 5.76 Å². The lowest BCUT2D eigenvalue weighted by atomic mass is 10.5. The van der Waals surface area contributed by atoms with Crippen LogP contribution in [0.3, 0.4) is 0 Å². The summed E-state index contributed by atoms with van der Waals surface area (Å²) >= 11 is 0. The van der Waals surface area contributed by atoms with Crippen molar-refractivity contribution in [3.05, 3.63) is 17.8 Å². The van der Waals surface area contributed by atoms with E-state index in [2.05, 4.69) is 4.98 Å². The first-order chi connectivity index (χ1) is 3.83. The number of oxazole rings is 1. The molecule has 2 heteroatoms. The van der Waals surface area contributed by atoms with Crippen molar-refractivity contribution < 1.29 is 4.42 Å². The molecular formula is C6H9NO. The van der Waals surface area contributed by atoms with Gasteiger partial charge < -0.3 is 4.42 Å². The van der Waals surface area contributed by atoms with Crippen LogP contribution in [0, 0.1) is 6.92 Å². The van der Waals surface area contributed by atoms with E-state index in [1.807, 2.05) is 13.8 Å². The maximum Gasteiger partial charge on any atom is 0.194 e. The molecule has 0 radical (unpaired) electrons. The Morgan fingerprint density at radius 1 is 1.75 bits per heavy atom. The van der Waals surface area contributed by atoms with Crippen LogP contribution in [0.2, 0.25) is 0 Å². The van der Waals surface area contributed by atoms with Gasteiger partial charge in [0.2, 0.25) is 0 Å². The van der Waals surface area contributed by atoms with Crippen LogP contribution in [0.4, 0.5) is 0 Å². The molecule has 0 saturated carbocycles. The van der Waals surface area contributed by atoms with Gasteiger partial charge in [0, 0.05) is 6.42 Å². The fraction of sp³-hybridized carbons (Fsp3) is 0.500. The van der Waals surface area contributed by atoms with Crippen molar-refractivity contribution in [3.63, 3.8) is 0 Å². The highest BCUT2D eigenvalue weighted by Gasteiger charge is 1.92. The van der Waals surface area contributed by atoms with Crippen molar-refractivity contribution in [2.24, 2.45) is 0 Å². The standard InChI is InChI=1S/C6H9NO/c1-3-6-7-4-5(2)8-6/h4H,3H2,1-2H3. The molecule has 1 aromatic rings. The molecule has 0 aliphatic heterocycles. The van der Waals surface area contributed by atoms with E-state index in [-0.39, 0.29) is 0 Å². The van der Waals surface area contributed by atoms with Crippen LogP contribution in [0.5, 0.6) is 0 Å². The summed E-state index contributed by atoms with van der Waals surface area (Å²) in [5, 5.41) is 0. The largest absolute Gasteiger partial charge is 0.446 e. The van der Waals surface area contributed by atoms with E-state index in [9.17, 15) is 0 Å². The second-order valence-electron chi connectivity index (χ2n) is 1.72. The molecule has 8 heavy (non-hydrogen) atoms. The van der Waals surface area contributed by atoms with Gasteiger partial charge in [-0.1, -0.05) is 6.92 Å². The number of rotatable bonds is 1. The van der Waals surface area contributed by atoms with Gasteiger partial charge in [0.25, 0.3) is 0 Å². The van der Waals surface area contributed by atoms with Crippen molar-refractivity contribution in [1.82, 2.24) is 4.98 Å². The van der Waals surface area contributed by atoms with E-state index in [4.69, 9.17) is 4.42 Å². The SMILES string of the molecule is CCc1ncc(C)o1. The van der Waals surface area contributed by atoms with Crippen LogP contribution in [0.15, 0.2) is 10.6 Å². The maximum atomic E-state index is 5.12. The van der Waals surface area contributed by atoms with E-state index < -0.39 is 0 Å². The smallest absolute Gasteiger partial charge is 0.194 e. The molecule has 44 valence electrons. The summed E-state index contributed by atoms with van der Waals surface area (Å²) in [6.07, 6.45) is 2.62. The molecule has 0 aliphatic carbocycles. The van der Waals surface area contributed by atoms with Crippen LogP contribution < -0.4 is 0 Å². The molecule has 0 N–H and O–H groups in total. The average molecular weight is 111 g/mol. The van der Waals surface area contributed by atoms with E-state index >= 15 is 0 Å². The fourth-order valence-corrected chi connectivity index (χ4v) is 0.565. The molecule has 0 unspecified atom stereocenters. The minimum atomic E-state index is 0.822. The Hall–Kier alpha value is -0.790. The number of aryl methyl sites for hydroxylation is 2. The third-order valence-corrected chi connectivity index (χ3v) is 0.972. The maximum absolute atomic E-state index is 5.12. The minimum absolute atomic E-state index is 0.822. The second-order valence-corrected chi connectivity index (χ2v) is 1.72. The van der Waals surface area contributed by atoms with Gasteiger partial charge >= 0.3 is 0 Å². The first kappa shape index (κ1) is 5.35. The van der Waals surface area contributed by atoms with E-state index in [0.717, 1.165) is 18.1 Å². The van der Waals surface area contributed by atoms with Crippen molar-refractivity contribution in [3.8, 4) is 0 Å². The molecular weight excluding hydrogens is 102 g/mol. The molecule has 1 rings (SSSR count). The number of nitrogens with zero attached hydrogens (tertiary/aromatic N) is 1. The summed E-state index contributed by atoms with van der Waals surface area (Å²) in [6, 6.07) is 0. The van der Waals surface area contributed by atoms with Crippen LogP contribution in [0.1, 0.15) is 18.6 Å². The number of hydrogen-bond acceptors (Lipinski definition) is 2. The first-order valence-corrected chi connectivity index (χ1v) is 2.74. The molecule has 0 spiro atoms. The lowest BCUT2D eigenvalue weighted by molar-refractivity contribution is 0.477. The summed E-state index contributed by atoms with van der Waals surface area (Å²) in [7, 11) is 0. The van der Waals surface area contributed by atoms with Gasteiger partial charge in [0.05, 0.1) is 6.20 Å². The predicted molar refractivity (Wildman–Crippen MR) is 30.6 cm³/mol. The molecule has 1 aromatic heterocycles. The highest BCUT2D eigenvalue weighted by Crippen LogP contribution is 2.00. The Labute approximate surface area is 48.5 Å². The summed E-state index contributed by atoms with van der Waals surface area (Å²) < 4.78 is 5.12. The van der Waals surface area contributed by atoms with Gasteiger partial charge in [0.15, 0.2) is 5.89 Å². The molecule has 0 aromatic carbocycles. The zero-order chi connectivity index (χ0) is 5.98. The monoisotopic (exact) mass is 111 g/mol. The topological polar surface area (TPSA) is 26.0 Å². The molecule has 0 fully saturated rings. The zero-order valence-corrected chi connectivity index (χ0v) is 5.14. The third-order valence-electron chi connectivity index (χ3n) is 0.972. The quantitative estimate of drug-likeness (QED) is 0.549. The van der Waals surface area contributed by atoms with Gasteiger partial charge in [-0.15, -0.1) is 0 Å². The van der Waals surface area contributed by atoms with Gasteiger partial charge in [-0.2, -0.15) is 0 Å². The predicted octanol–water partition coefficient (Wildman–Crippen LogP) is 1.55. The van der Waals surface area contributed by atoms with Gasteiger partial charge in [-0.05, 0) is 6.92 Å². The van der Waals surface area contributed by atoms with Crippen molar-refractivity contribution in [2.45, 2.75) is 20.3 Å². The normalized spacial score (nSPS) is 9.75. The highest BCUT2D eigenvalue weighted by molar-refractivity contribution is 4.89. The van der Waals surface area contributed by atoms with Gasteiger partial charge in [-0.3, -0.25) is 0 Å². The van der Waals surface area contributed by atoms with Crippen molar-refractivity contribution in [2.75, 3.05) is 0 Å². The fourth-order valence-electron chi connectivity index (χ4n) is 0.565. The summed E-state index contributed by atoms with van der Waals surface area (Å²) in [5.41, 5.74) is 0. The molecule has 1 heterocycles. The summed E-state index contributed by atoms with van der Waals surface area (Å²) in [5.74, 6) is 1.71. The van der Waals surface area contributed by atoms with Crippen molar-refractivity contribution >= 4 is 0 Å². The lowest BCUT2D eigenvalue weighted by Crippen LogP contribution is -1.73. The molecule has 0 atom stereocenters. The minimum Gasteiger partial charge on any atom is -0.446 e. The average Bonchev–Trinajstić information content (AvgIpc) is 2.14. The van der Waals surface area contributed by atoms with E-state index in [1.54, 1.807) is 6.20 Å². The third kappa shape index (κ3) is 0.886. The zero-order valence-electron chi connectivity index (χ0n) is 5.14. The molecule has 0 aliphatic rings. The lowest BCUT2D eigenvalue weighted by Gasteiger charge is -1.80. The summed E-state index contributed by atoms with van der Waals surface area (Å²) in [6.45, 7) is 3.91. The Bertz CT molecular complexity index is 169. The second kappa shape index (κ2) is 1.99. The number of aromatic nitrogens is 1. The molecule has 0 bridgehead atoms. The Morgan fingerprint density at radius 3 is 2.75 bits per heavy atom. The Kier molecular flexibility index (Phi) is 1.33. The number of hydrogen-bond donors (Lipinski definition) is 0. The van der Waals surface area contributed by atoms with E-state index in [1.165, 1.54) is 0 Å². The van der Waals surface area contributed by atoms with Gasteiger partial charge in [-0.25, -0.2) is 4.98 Å². The molecule has 0 amide bonds. The van der Waals surface area contributed by atoms with Crippen LogP contribution in [0.25, 0.3) is 0 Å². The Morgan fingerprint density at radius 2 is 2.50 bits per heavy atom. The van der Waals surface area contributed by atoms with Crippen molar-refractivity contribution in [1.29, 1.82) is 0 Å². The summed E-state index contributed by atoms with van der Waals surface area (Å²) in [4.78, 5) is 3.97. The van der Waals surface area contributed by atoms with Crippen LogP contribution in [-0.4, -0.2) is 4.98 Å². The molecule has 2 nitrogen and oxygen atoms in total.